The zero-order valence-corrected chi connectivity index (χ0v) is 18.1. The molecule has 0 fully saturated rings. The van der Waals surface area contributed by atoms with E-state index in [2.05, 4.69) is 26.6 Å². The highest BCUT2D eigenvalue weighted by Crippen LogP contribution is 2.31. The van der Waals surface area contributed by atoms with Crippen LogP contribution in [0.5, 0.6) is 5.75 Å². The third-order valence-corrected chi connectivity index (χ3v) is 5.15. The van der Waals surface area contributed by atoms with Crippen molar-refractivity contribution in [2.24, 2.45) is 5.92 Å². The Morgan fingerprint density at radius 1 is 1.10 bits per heavy atom. The van der Waals surface area contributed by atoms with Crippen molar-refractivity contribution in [1.82, 2.24) is 10.6 Å². The summed E-state index contributed by atoms with van der Waals surface area (Å²) in [6.07, 6.45) is 0. The van der Waals surface area contributed by atoms with Crippen LogP contribution < -0.4 is 15.4 Å². The number of benzene rings is 2. The maximum absolute atomic E-state index is 12.4. The number of hydrogen-bond acceptors (Lipinski definition) is 4. The van der Waals surface area contributed by atoms with Crippen LogP contribution in [0.2, 0.25) is 0 Å². The summed E-state index contributed by atoms with van der Waals surface area (Å²) in [5, 5.41) is 5.55. The van der Waals surface area contributed by atoms with Gasteiger partial charge in [0.05, 0.1) is 18.7 Å². The largest absolute Gasteiger partial charge is 0.489 e. The van der Waals surface area contributed by atoms with Gasteiger partial charge in [-0.2, -0.15) is 0 Å². The summed E-state index contributed by atoms with van der Waals surface area (Å²) in [7, 11) is 1.33. The van der Waals surface area contributed by atoms with E-state index in [0.717, 1.165) is 15.6 Å². The molecule has 0 saturated carbocycles. The van der Waals surface area contributed by atoms with Crippen LogP contribution >= 0.6 is 15.9 Å². The van der Waals surface area contributed by atoms with Crippen molar-refractivity contribution in [2.75, 3.05) is 7.11 Å². The molecule has 1 heterocycles. The van der Waals surface area contributed by atoms with Gasteiger partial charge in [0.1, 0.15) is 12.4 Å². The monoisotopic (exact) mass is 458 g/mol. The number of ether oxygens (including phenoxy) is 2. The van der Waals surface area contributed by atoms with Gasteiger partial charge in [-0.25, -0.2) is 9.59 Å². The Balaban J connectivity index is 1.81. The van der Waals surface area contributed by atoms with E-state index in [9.17, 15) is 9.59 Å². The lowest BCUT2D eigenvalue weighted by molar-refractivity contribution is -0.136. The molecule has 29 heavy (non-hydrogen) atoms. The van der Waals surface area contributed by atoms with Gasteiger partial charge in [-0.3, -0.25) is 0 Å². The number of carbonyl (C=O) groups excluding carboxylic acids is 2. The number of rotatable bonds is 6. The van der Waals surface area contributed by atoms with Crippen molar-refractivity contribution in [1.29, 1.82) is 0 Å². The highest BCUT2D eigenvalue weighted by molar-refractivity contribution is 9.10. The summed E-state index contributed by atoms with van der Waals surface area (Å²) in [6, 6.07) is 14.3. The van der Waals surface area contributed by atoms with Gasteiger partial charge in [-0.15, -0.1) is 0 Å². The Morgan fingerprint density at radius 2 is 1.76 bits per heavy atom. The Labute approximate surface area is 178 Å². The first kappa shape index (κ1) is 20.9. The Kier molecular flexibility index (Phi) is 6.59. The molecule has 2 aromatic carbocycles. The van der Waals surface area contributed by atoms with Crippen molar-refractivity contribution in [3.05, 3.63) is 75.4 Å². The highest BCUT2D eigenvalue weighted by atomic mass is 79.9. The topological polar surface area (TPSA) is 76.7 Å². The molecular formula is C22H23BrN2O4. The number of hydrogen-bond donors (Lipinski definition) is 2. The van der Waals surface area contributed by atoms with Crippen molar-refractivity contribution < 1.29 is 19.1 Å². The van der Waals surface area contributed by atoms with E-state index in [1.807, 2.05) is 62.4 Å². The van der Waals surface area contributed by atoms with Gasteiger partial charge in [0, 0.05) is 10.2 Å². The minimum Gasteiger partial charge on any atom is -0.489 e. The van der Waals surface area contributed by atoms with Gasteiger partial charge in [-0.1, -0.05) is 54.0 Å². The maximum atomic E-state index is 12.4. The van der Waals surface area contributed by atoms with Gasteiger partial charge in [0.25, 0.3) is 0 Å². The minimum atomic E-state index is -0.589. The molecule has 2 aromatic rings. The number of allylic oxidation sites excluding steroid dienone is 1. The number of nitrogens with one attached hydrogen (secondary N) is 2. The second-order valence-electron chi connectivity index (χ2n) is 6.99. The summed E-state index contributed by atoms with van der Waals surface area (Å²) >= 11 is 3.41. The molecular weight excluding hydrogens is 436 g/mol. The third kappa shape index (κ3) is 4.98. The number of halogens is 1. The van der Waals surface area contributed by atoms with Crippen LogP contribution in [-0.4, -0.2) is 19.1 Å². The van der Waals surface area contributed by atoms with Crippen LogP contribution in [0.3, 0.4) is 0 Å². The molecule has 0 radical (unpaired) electrons. The molecule has 7 heteroatoms. The van der Waals surface area contributed by atoms with E-state index >= 15 is 0 Å². The van der Waals surface area contributed by atoms with Crippen LogP contribution in [0.25, 0.3) is 0 Å². The van der Waals surface area contributed by atoms with Crippen molar-refractivity contribution in [3.63, 3.8) is 0 Å². The summed E-state index contributed by atoms with van der Waals surface area (Å²) < 4.78 is 11.8. The third-order valence-electron chi connectivity index (χ3n) is 4.62. The highest BCUT2D eigenvalue weighted by Gasteiger charge is 2.34. The average Bonchev–Trinajstić information content (AvgIpc) is 2.72. The lowest BCUT2D eigenvalue weighted by Crippen LogP contribution is -2.47. The summed E-state index contributed by atoms with van der Waals surface area (Å²) in [5.41, 5.74) is 2.81. The predicted octanol–water partition coefficient (Wildman–Crippen LogP) is 4.47. The number of amides is 2. The van der Waals surface area contributed by atoms with E-state index in [0.29, 0.717) is 23.6 Å². The lowest BCUT2D eigenvalue weighted by atomic mass is 9.91. The number of urea groups is 1. The molecule has 1 atom stereocenters. The fraction of sp³-hybridized carbons (Fsp3) is 0.273. The van der Waals surface area contributed by atoms with E-state index in [1.54, 1.807) is 0 Å². The molecule has 1 aliphatic heterocycles. The molecule has 1 aliphatic rings. The van der Waals surface area contributed by atoms with Crippen LogP contribution in [0.1, 0.15) is 31.0 Å². The van der Waals surface area contributed by atoms with Crippen molar-refractivity contribution in [3.8, 4) is 5.75 Å². The van der Waals surface area contributed by atoms with Gasteiger partial charge in [-0.05, 0) is 41.3 Å². The first-order valence-electron chi connectivity index (χ1n) is 9.26. The van der Waals surface area contributed by atoms with Gasteiger partial charge in [0.2, 0.25) is 0 Å². The van der Waals surface area contributed by atoms with Crippen LogP contribution in [0, 0.1) is 5.92 Å². The smallest absolute Gasteiger partial charge is 0.337 e. The lowest BCUT2D eigenvalue weighted by Gasteiger charge is -2.30. The molecule has 2 amide bonds. The number of methoxy groups -OCH3 is 1. The molecule has 152 valence electrons. The van der Waals surface area contributed by atoms with E-state index < -0.39 is 12.0 Å². The average molecular weight is 459 g/mol. The Hall–Kier alpha value is -2.80. The molecule has 3 rings (SSSR count). The van der Waals surface area contributed by atoms with Gasteiger partial charge >= 0.3 is 12.0 Å². The second-order valence-corrected chi connectivity index (χ2v) is 7.90. The van der Waals surface area contributed by atoms with Crippen molar-refractivity contribution in [2.45, 2.75) is 26.5 Å². The fourth-order valence-electron chi connectivity index (χ4n) is 3.13. The first-order chi connectivity index (χ1) is 13.9. The summed E-state index contributed by atoms with van der Waals surface area (Å²) in [6.45, 7) is 4.28. The van der Waals surface area contributed by atoms with Gasteiger partial charge in [0.15, 0.2) is 0 Å². The molecule has 0 bridgehead atoms. The quantitative estimate of drug-likeness (QED) is 0.626. The molecule has 1 unspecified atom stereocenters. The van der Waals surface area contributed by atoms with Crippen molar-refractivity contribution >= 4 is 27.9 Å². The van der Waals surface area contributed by atoms with Crippen LogP contribution in [0.4, 0.5) is 4.79 Å². The van der Waals surface area contributed by atoms with Crippen LogP contribution in [0.15, 0.2) is 64.3 Å². The molecule has 0 saturated heterocycles. The molecule has 0 aromatic heterocycles. The number of carbonyl (C=O) groups is 2. The molecule has 0 spiro atoms. The van der Waals surface area contributed by atoms with E-state index in [4.69, 9.17) is 9.47 Å². The minimum absolute atomic E-state index is 0.0360. The first-order valence-corrected chi connectivity index (χ1v) is 10.1. The normalized spacial score (nSPS) is 16.3. The molecule has 2 N–H and O–H groups in total. The number of esters is 1. The van der Waals surface area contributed by atoms with E-state index in [1.165, 1.54) is 7.11 Å². The Morgan fingerprint density at radius 3 is 2.34 bits per heavy atom. The standard InChI is InChI=1S/C22H23BrN2O4/c1-13(2)19-18(21(26)28-3)20(25-22(27)24-19)15-6-10-17(11-7-15)29-12-14-4-8-16(23)9-5-14/h4-11,13,20H,12H2,1-3H3,(H2,24,25,27). The zero-order valence-electron chi connectivity index (χ0n) is 16.5. The second kappa shape index (κ2) is 9.13. The van der Waals surface area contributed by atoms with E-state index in [-0.39, 0.29) is 11.9 Å². The molecule has 0 aliphatic carbocycles. The molecule has 6 nitrogen and oxygen atoms in total. The maximum Gasteiger partial charge on any atom is 0.337 e. The summed E-state index contributed by atoms with van der Waals surface area (Å²) in [5.74, 6) is 0.192. The van der Waals surface area contributed by atoms with Crippen LogP contribution in [-0.2, 0) is 16.1 Å². The Bertz CT molecular complexity index is 921. The fourth-order valence-corrected chi connectivity index (χ4v) is 3.40. The SMILES string of the molecule is COC(=O)C1=C(C(C)C)NC(=O)NC1c1ccc(OCc2ccc(Br)cc2)cc1. The predicted molar refractivity (Wildman–Crippen MR) is 113 cm³/mol. The summed E-state index contributed by atoms with van der Waals surface area (Å²) in [4.78, 5) is 24.6. The van der Waals surface area contributed by atoms with Gasteiger partial charge < -0.3 is 20.1 Å². The zero-order chi connectivity index (χ0) is 21.0.